The zero-order valence-corrected chi connectivity index (χ0v) is 17.3. The van der Waals surface area contributed by atoms with E-state index in [1.165, 1.54) is 23.5 Å². The van der Waals surface area contributed by atoms with Crippen LogP contribution in [0, 0.1) is 5.92 Å². The van der Waals surface area contributed by atoms with Crippen molar-refractivity contribution in [3.05, 3.63) is 47.2 Å². The summed E-state index contributed by atoms with van der Waals surface area (Å²) in [5, 5.41) is 2.87. The third kappa shape index (κ3) is 4.11. The Hall–Kier alpha value is -2.14. The van der Waals surface area contributed by atoms with Gasteiger partial charge in [-0.3, -0.25) is 4.79 Å². The Bertz CT molecular complexity index is 1150. The number of pyridine rings is 1. The predicted octanol–water partition coefficient (Wildman–Crippen LogP) is 3.33. The first-order valence-corrected chi connectivity index (χ1v) is 11.4. The second-order valence-electron chi connectivity index (χ2n) is 6.61. The molecule has 152 valence electrons. The third-order valence-electron chi connectivity index (χ3n) is 4.78. The van der Waals surface area contributed by atoms with E-state index in [2.05, 4.69) is 15.3 Å². The number of hydrogen-bond donors (Lipinski definition) is 1. The summed E-state index contributed by atoms with van der Waals surface area (Å²) >= 11 is 7.18. The van der Waals surface area contributed by atoms with Gasteiger partial charge in [-0.1, -0.05) is 11.6 Å². The maximum atomic E-state index is 14.8. The number of carbonyl (C=O) groups is 1. The smallest absolute Gasteiger partial charge is 0.244 e. The number of thiazole rings is 1. The van der Waals surface area contributed by atoms with Crippen molar-refractivity contribution in [3.63, 3.8) is 0 Å². The first-order valence-electron chi connectivity index (χ1n) is 8.74. The molecule has 7 nitrogen and oxygen atoms in total. The van der Waals surface area contributed by atoms with E-state index < -0.39 is 34.6 Å². The van der Waals surface area contributed by atoms with Gasteiger partial charge in [0.2, 0.25) is 15.9 Å². The molecule has 0 unspecified atom stereocenters. The Labute approximate surface area is 175 Å². The van der Waals surface area contributed by atoms with E-state index in [0.29, 0.717) is 5.69 Å². The van der Waals surface area contributed by atoms with Crippen molar-refractivity contribution < 1.29 is 17.6 Å². The van der Waals surface area contributed by atoms with Crippen LogP contribution in [0.2, 0.25) is 5.15 Å². The van der Waals surface area contributed by atoms with Gasteiger partial charge in [-0.25, -0.2) is 22.8 Å². The molecule has 1 N–H and O–H groups in total. The van der Waals surface area contributed by atoms with Gasteiger partial charge < -0.3 is 5.32 Å². The molecule has 0 aliphatic carbocycles. The minimum absolute atomic E-state index is 0.0363. The Balaban J connectivity index is 1.44. The second-order valence-corrected chi connectivity index (χ2v) is 9.83. The van der Waals surface area contributed by atoms with E-state index in [0.717, 1.165) is 20.7 Å². The quantitative estimate of drug-likeness (QED) is 0.610. The molecule has 1 saturated heterocycles. The minimum Gasteiger partial charge on any atom is -0.326 e. The fourth-order valence-corrected chi connectivity index (χ4v) is 5.40. The van der Waals surface area contributed by atoms with Crippen molar-refractivity contribution in [2.75, 3.05) is 18.4 Å². The molecule has 1 amide bonds. The average Bonchev–Trinajstić information content (AvgIpc) is 3.16. The largest absolute Gasteiger partial charge is 0.326 e. The Morgan fingerprint density at radius 1 is 1.28 bits per heavy atom. The van der Waals surface area contributed by atoms with Crippen LogP contribution < -0.4 is 5.32 Å². The monoisotopic (exact) mass is 454 g/mol. The maximum absolute atomic E-state index is 14.8. The number of hydrogen-bond acceptors (Lipinski definition) is 6. The van der Waals surface area contributed by atoms with Crippen molar-refractivity contribution in [2.45, 2.75) is 17.5 Å². The summed E-state index contributed by atoms with van der Waals surface area (Å²) in [4.78, 5) is 20.4. The van der Waals surface area contributed by atoms with E-state index in [4.69, 9.17) is 11.6 Å². The Morgan fingerprint density at radius 3 is 2.83 bits per heavy atom. The molecule has 1 aliphatic heterocycles. The predicted molar refractivity (Wildman–Crippen MR) is 109 cm³/mol. The number of rotatable bonds is 4. The van der Waals surface area contributed by atoms with Gasteiger partial charge >= 0.3 is 0 Å². The number of nitrogens with one attached hydrogen (secondary N) is 1. The van der Waals surface area contributed by atoms with Gasteiger partial charge in [0.05, 0.1) is 21.6 Å². The summed E-state index contributed by atoms with van der Waals surface area (Å²) < 4.78 is 42.1. The molecular weight excluding hydrogens is 439 g/mol. The molecule has 0 spiro atoms. The van der Waals surface area contributed by atoms with Gasteiger partial charge in [-0.05, 0) is 36.8 Å². The molecule has 4 rings (SSSR count). The topological polar surface area (TPSA) is 92.3 Å². The number of anilines is 1. The number of halogens is 2. The molecule has 0 radical (unpaired) electrons. The molecule has 2 aromatic heterocycles. The zero-order valence-electron chi connectivity index (χ0n) is 15.0. The summed E-state index contributed by atoms with van der Waals surface area (Å²) in [5.41, 5.74) is 2.99. The number of amides is 1. The summed E-state index contributed by atoms with van der Waals surface area (Å²) in [6, 6.07) is 7.99. The van der Waals surface area contributed by atoms with Crippen molar-refractivity contribution >= 4 is 54.8 Å². The van der Waals surface area contributed by atoms with Crippen LogP contribution in [0.5, 0.6) is 0 Å². The van der Waals surface area contributed by atoms with Crippen molar-refractivity contribution in [2.24, 2.45) is 5.92 Å². The van der Waals surface area contributed by atoms with Crippen LogP contribution in [-0.2, 0) is 14.8 Å². The van der Waals surface area contributed by atoms with Gasteiger partial charge in [-0.2, -0.15) is 4.31 Å². The minimum atomic E-state index is -3.90. The number of piperidine rings is 1. The molecule has 29 heavy (non-hydrogen) atoms. The van der Waals surface area contributed by atoms with Gasteiger partial charge in [0.25, 0.3) is 0 Å². The van der Waals surface area contributed by atoms with Crippen LogP contribution in [0.1, 0.15) is 6.42 Å². The third-order valence-corrected chi connectivity index (χ3v) is 7.66. The highest BCUT2D eigenvalue weighted by atomic mass is 35.5. The molecule has 2 atom stereocenters. The summed E-state index contributed by atoms with van der Waals surface area (Å²) in [7, 11) is -3.90. The van der Waals surface area contributed by atoms with E-state index in [9.17, 15) is 17.6 Å². The van der Waals surface area contributed by atoms with Crippen LogP contribution in [-0.4, -0.2) is 47.9 Å². The molecular formula is C18H16ClFN4O3S2. The van der Waals surface area contributed by atoms with Gasteiger partial charge in [0.15, 0.2) is 0 Å². The van der Waals surface area contributed by atoms with Crippen LogP contribution in [0.4, 0.5) is 10.1 Å². The highest BCUT2D eigenvalue weighted by molar-refractivity contribution is 7.89. The molecule has 11 heteroatoms. The number of carbonyl (C=O) groups excluding carboxylic acids is 1. The highest BCUT2D eigenvalue weighted by Crippen LogP contribution is 2.28. The van der Waals surface area contributed by atoms with Crippen LogP contribution in [0.15, 0.2) is 46.9 Å². The lowest BCUT2D eigenvalue weighted by Gasteiger charge is -2.33. The number of benzene rings is 1. The Kier molecular flexibility index (Phi) is 5.52. The normalized spacial score (nSPS) is 20.6. The van der Waals surface area contributed by atoms with Crippen LogP contribution in [0.3, 0.4) is 0 Å². The van der Waals surface area contributed by atoms with E-state index in [1.807, 2.05) is 6.07 Å². The van der Waals surface area contributed by atoms with Gasteiger partial charge in [0.1, 0.15) is 16.2 Å². The summed E-state index contributed by atoms with van der Waals surface area (Å²) in [6.07, 6.45) is -0.411. The molecule has 1 fully saturated rings. The van der Waals surface area contributed by atoms with Crippen molar-refractivity contribution in [3.8, 4) is 0 Å². The van der Waals surface area contributed by atoms with E-state index in [-0.39, 0.29) is 23.0 Å². The highest BCUT2D eigenvalue weighted by Gasteiger charge is 2.39. The lowest BCUT2D eigenvalue weighted by Crippen LogP contribution is -2.48. The van der Waals surface area contributed by atoms with Gasteiger partial charge in [-0.15, -0.1) is 11.3 Å². The van der Waals surface area contributed by atoms with Crippen molar-refractivity contribution in [1.29, 1.82) is 0 Å². The molecule has 3 heterocycles. The standard InChI is InChI=1S/C18H16ClFN4O3S2/c19-17-4-2-12(8-21-17)29(26,27)24-6-5-13(14(20)9-24)18(25)23-11-1-3-16-15(7-11)22-10-28-16/h1-4,7-8,10,13-14H,5-6,9H2,(H,23,25)/t13-,14-/m1/s1. The van der Waals surface area contributed by atoms with Crippen LogP contribution in [0.25, 0.3) is 10.2 Å². The fraction of sp³-hybridized carbons (Fsp3) is 0.278. The van der Waals surface area contributed by atoms with Crippen LogP contribution >= 0.6 is 22.9 Å². The molecule has 3 aromatic rings. The lowest BCUT2D eigenvalue weighted by molar-refractivity contribution is -0.123. The molecule has 1 aromatic carbocycles. The first kappa shape index (κ1) is 20.1. The maximum Gasteiger partial charge on any atom is 0.244 e. The summed E-state index contributed by atoms with van der Waals surface area (Å²) in [5.74, 6) is -1.41. The number of aromatic nitrogens is 2. The average molecular weight is 455 g/mol. The number of alkyl halides is 1. The SMILES string of the molecule is O=C(Nc1ccc2scnc2c1)[C@@H]1CCN(S(=O)(=O)c2ccc(Cl)nc2)C[C@H]1F. The summed E-state index contributed by atoms with van der Waals surface area (Å²) in [6.45, 7) is -0.358. The zero-order chi connectivity index (χ0) is 20.6. The molecule has 0 bridgehead atoms. The van der Waals surface area contributed by atoms with E-state index >= 15 is 0 Å². The molecule has 0 saturated carbocycles. The van der Waals surface area contributed by atoms with Crippen molar-refractivity contribution in [1.82, 2.24) is 14.3 Å². The number of nitrogens with zero attached hydrogens (tertiary/aromatic N) is 3. The lowest BCUT2D eigenvalue weighted by atomic mass is 9.95. The van der Waals surface area contributed by atoms with E-state index in [1.54, 1.807) is 17.6 Å². The fourth-order valence-electron chi connectivity index (χ4n) is 3.23. The Morgan fingerprint density at radius 2 is 2.10 bits per heavy atom. The first-order chi connectivity index (χ1) is 13.8. The number of fused-ring (bicyclic) bond motifs is 1. The molecule has 1 aliphatic rings. The number of sulfonamides is 1. The van der Waals surface area contributed by atoms with Gasteiger partial charge in [0, 0.05) is 25.0 Å². The second kappa shape index (κ2) is 7.94.